The molecule has 0 saturated heterocycles. The number of carboxylic acids is 1. The molecule has 0 bridgehead atoms. The lowest BCUT2D eigenvalue weighted by molar-refractivity contribution is 0.0697. The molecule has 0 spiro atoms. The standard InChI is InChI=1S/C16H20N2O3/c1-10(19)3-2-8-18-14-9-12(16(20)21)6-7-13(14)17-15(18)11-4-5-11/h6-7,9-11,19H,2-5,8H2,1H3,(H,20,21). The number of benzene rings is 1. The molecule has 0 amide bonds. The number of nitrogens with zero attached hydrogens (tertiary/aromatic N) is 2. The van der Waals surface area contributed by atoms with Gasteiger partial charge in [0.15, 0.2) is 0 Å². The average Bonchev–Trinajstić information content (AvgIpc) is 3.21. The van der Waals surface area contributed by atoms with Crippen LogP contribution in [0.15, 0.2) is 18.2 Å². The van der Waals surface area contributed by atoms with Crippen LogP contribution in [-0.2, 0) is 6.54 Å². The molecule has 1 heterocycles. The highest BCUT2D eigenvalue weighted by Gasteiger charge is 2.29. The quantitative estimate of drug-likeness (QED) is 0.857. The van der Waals surface area contributed by atoms with Gasteiger partial charge in [-0.25, -0.2) is 9.78 Å². The minimum atomic E-state index is -0.915. The van der Waals surface area contributed by atoms with Gasteiger partial charge in [-0.05, 0) is 50.8 Å². The summed E-state index contributed by atoms with van der Waals surface area (Å²) in [6, 6.07) is 5.10. The van der Waals surface area contributed by atoms with Gasteiger partial charge in [0.1, 0.15) is 5.82 Å². The number of aliphatic hydroxyl groups is 1. The second-order valence-corrected chi connectivity index (χ2v) is 5.90. The number of aromatic carboxylic acids is 1. The van der Waals surface area contributed by atoms with Crippen molar-refractivity contribution in [3.05, 3.63) is 29.6 Å². The van der Waals surface area contributed by atoms with E-state index < -0.39 is 5.97 Å². The summed E-state index contributed by atoms with van der Waals surface area (Å²) in [5, 5.41) is 18.5. The molecule has 1 aliphatic rings. The van der Waals surface area contributed by atoms with Crippen molar-refractivity contribution in [2.45, 2.75) is 51.2 Å². The van der Waals surface area contributed by atoms with Gasteiger partial charge in [0.05, 0.1) is 22.7 Å². The van der Waals surface area contributed by atoms with Crippen molar-refractivity contribution >= 4 is 17.0 Å². The number of imidazole rings is 1. The lowest BCUT2D eigenvalue weighted by Gasteiger charge is -2.10. The van der Waals surface area contributed by atoms with Crippen LogP contribution in [0.2, 0.25) is 0 Å². The molecular weight excluding hydrogens is 268 g/mol. The summed E-state index contributed by atoms with van der Waals surface area (Å²) in [4.78, 5) is 15.8. The van der Waals surface area contributed by atoms with Gasteiger partial charge in [-0.15, -0.1) is 0 Å². The highest BCUT2D eigenvalue weighted by atomic mass is 16.4. The van der Waals surface area contributed by atoms with Crippen molar-refractivity contribution in [2.75, 3.05) is 0 Å². The van der Waals surface area contributed by atoms with Crippen LogP contribution in [0.1, 0.15) is 54.7 Å². The SMILES string of the molecule is CC(O)CCCn1c(C2CC2)nc2ccc(C(=O)O)cc21. The third-order valence-corrected chi connectivity index (χ3v) is 3.97. The van der Waals surface area contributed by atoms with Gasteiger partial charge in [-0.1, -0.05) is 0 Å². The van der Waals surface area contributed by atoms with E-state index in [1.807, 2.05) is 0 Å². The Morgan fingerprint density at radius 1 is 1.48 bits per heavy atom. The molecule has 1 unspecified atom stereocenters. The zero-order valence-corrected chi connectivity index (χ0v) is 12.1. The molecular formula is C16H20N2O3. The molecule has 1 saturated carbocycles. The topological polar surface area (TPSA) is 75.3 Å². The number of aryl methyl sites for hydroxylation is 1. The fraction of sp³-hybridized carbons (Fsp3) is 0.500. The second-order valence-electron chi connectivity index (χ2n) is 5.90. The third-order valence-electron chi connectivity index (χ3n) is 3.97. The van der Waals surface area contributed by atoms with Crippen LogP contribution in [-0.4, -0.2) is 31.8 Å². The minimum absolute atomic E-state index is 0.293. The fourth-order valence-electron chi connectivity index (χ4n) is 2.71. The molecule has 5 nitrogen and oxygen atoms in total. The first kappa shape index (κ1) is 14.1. The number of fused-ring (bicyclic) bond motifs is 1. The zero-order valence-electron chi connectivity index (χ0n) is 12.1. The number of carbonyl (C=O) groups is 1. The molecule has 2 N–H and O–H groups in total. The van der Waals surface area contributed by atoms with E-state index in [1.54, 1.807) is 25.1 Å². The number of aliphatic hydroxyl groups excluding tert-OH is 1. The van der Waals surface area contributed by atoms with Crippen molar-refractivity contribution in [2.24, 2.45) is 0 Å². The van der Waals surface area contributed by atoms with E-state index in [0.29, 0.717) is 11.5 Å². The minimum Gasteiger partial charge on any atom is -0.478 e. The van der Waals surface area contributed by atoms with Gasteiger partial charge < -0.3 is 14.8 Å². The summed E-state index contributed by atoms with van der Waals surface area (Å²) in [5.41, 5.74) is 2.04. The molecule has 3 rings (SSSR count). The summed E-state index contributed by atoms with van der Waals surface area (Å²) in [5.74, 6) is 0.664. The largest absolute Gasteiger partial charge is 0.478 e. The molecule has 1 atom stereocenters. The van der Waals surface area contributed by atoms with E-state index in [2.05, 4.69) is 9.55 Å². The van der Waals surface area contributed by atoms with Crippen LogP contribution in [0.5, 0.6) is 0 Å². The van der Waals surface area contributed by atoms with Gasteiger partial charge in [0, 0.05) is 12.5 Å². The summed E-state index contributed by atoms with van der Waals surface area (Å²) in [6.45, 7) is 2.56. The molecule has 1 aromatic heterocycles. The van der Waals surface area contributed by atoms with Gasteiger partial charge >= 0.3 is 5.97 Å². The summed E-state index contributed by atoms with van der Waals surface area (Å²) >= 11 is 0. The number of aromatic nitrogens is 2. The summed E-state index contributed by atoms with van der Waals surface area (Å²) in [6.07, 6.45) is 3.61. The maximum atomic E-state index is 11.1. The maximum Gasteiger partial charge on any atom is 0.335 e. The normalized spacial score (nSPS) is 16.3. The van der Waals surface area contributed by atoms with Crippen LogP contribution in [0.3, 0.4) is 0 Å². The Morgan fingerprint density at radius 3 is 2.86 bits per heavy atom. The van der Waals surface area contributed by atoms with Crippen molar-refractivity contribution < 1.29 is 15.0 Å². The maximum absolute atomic E-state index is 11.1. The van der Waals surface area contributed by atoms with Crippen LogP contribution in [0.25, 0.3) is 11.0 Å². The highest BCUT2D eigenvalue weighted by Crippen LogP contribution is 2.40. The molecule has 5 heteroatoms. The van der Waals surface area contributed by atoms with E-state index in [-0.39, 0.29) is 6.10 Å². The number of hydrogen-bond acceptors (Lipinski definition) is 3. The van der Waals surface area contributed by atoms with Crippen LogP contribution >= 0.6 is 0 Å². The van der Waals surface area contributed by atoms with E-state index in [9.17, 15) is 9.90 Å². The predicted octanol–water partition coefficient (Wildman–Crippen LogP) is 2.77. The highest BCUT2D eigenvalue weighted by molar-refractivity contribution is 5.92. The Morgan fingerprint density at radius 2 is 2.24 bits per heavy atom. The predicted molar refractivity (Wildman–Crippen MR) is 79.6 cm³/mol. The molecule has 0 radical (unpaired) electrons. The first-order valence-electron chi connectivity index (χ1n) is 7.48. The molecule has 1 aliphatic carbocycles. The molecule has 0 aliphatic heterocycles. The Bertz CT molecular complexity index is 671. The number of carboxylic acid groups (broad SMARTS) is 1. The monoisotopic (exact) mass is 288 g/mol. The van der Waals surface area contributed by atoms with E-state index in [1.165, 1.54) is 0 Å². The van der Waals surface area contributed by atoms with Crippen molar-refractivity contribution in [3.63, 3.8) is 0 Å². The molecule has 1 fully saturated rings. The van der Waals surface area contributed by atoms with Gasteiger partial charge in [-0.3, -0.25) is 0 Å². The molecule has 2 aromatic rings. The first-order valence-corrected chi connectivity index (χ1v) is 7.48. The molecule has 1 aromatic carbocycles. The Labute approximate surface area is 123 Å². The number of rotatable bonds is 6. The van der Waals surface area contributed by atoms with Gasteiger partial charge in [0.2, 0.25) is 0 Å². The lowest BCUT2D eigenvalue weighted by atomic mass is 10.2. The van der Waals surface area contributed by atoms with Crippen molar-refractivity contribution in [1.29, 1.82) is 0 Å². The Kier molecular flexibility index (Phi) is 3.68. The van der Waals surface area contributed by atoms with E-state index in [4.69, 9.17) is 5.11 Å². The summed E-state index contributed by atoms with van der Waals surface area (Å²) < 4.78 is 2.14. The fourth-order valence-corrected chi connectivity index (χ4v) is 2.71. The van der Waals surface area contributed by atoms with Crippen LogP contribution in [0.4, 0.5) is 0 Å². The van der Waals surface area contributed by atoms with Crippen molar-refractivity contribution in [3.8, 4) is 0 Å². The molecule has 112 valence electrons. The Balaban J connectivity index is 1.97. The van der Waals surface area contributed by atoms with Gasteiger partial charge in [0.25, 0.3) is 0 Å². The second kappa shape index (κ2) is 5.48. The van der Waals surface area contributed by atoms with Gasteiger partial charge in [-0.2, -0.15) is 0 Å². The molecule has 21 heavy (non-hydrogen) atoms. The lowest BCUT2D eigenvalue weighted by Crippen LogP contribution is -2.07. The first-order chi connectivity index (χ1) is 10.1. The number of hydrogen-bond donors (Lipinski definition) is 2. The smallest absolute Gasteiger partial charge is 0.335 e. The zero-order chi connectivity index (χ0) is 15.0. The van der Waals surface area contributed by atoms with Crippen LogP contribution < -0.4 is 0 Å². The third kappa shape index (κ3) is 2.93. The summed E-state index contributed by atoms with van der Waals surface area (Å²) in [7, 11) is 0. The Hall–Kier alpha value is -1.88. The average molecular weight is 288 g/mol. The van der Waals surface area contributed by atoms with Crippen LogP contribution in [0, 0.1) is 0 Å². The van der Waals surface area contributed by atoms with Crippen molar-refractivity contribution in [1.82, 2.24) is 9.55 Å². The van der Waals surface area contributed by atoms with E-state index >= 15 is 0 Å². The van der Waals surface area contributed by atoms with E-state index in [0.717, 1.165) is 49.1 Å².